The topological polar surface area (TPSA) is 60.2 Å². The Morgan fingerprint density at radius 1 is 1.33 bits per heavy atom. The molecule has 3 rings (SSSR count). The summed E-state index contributed by atoms with van der Waals surface area (Å²) in [6.07, 6.45) is 1.87. The first-order valence-corrected chi connectivity index (χ1v) is 10.9. The molecule has 3 heterocycles. The summed E-state index contributed by atoms with van der Waals surface area (Å²) in [5.74, 6) is -1.36. The van der Waals surface area contributed by atoms with Gasteiger partial charge >= 0.3 is 6.09 Å². The summed E-state index contributed by atoms with van der Waals surface area (Å²) in [5, 5.41) is 4.63. The second-order valence-corrected chi connectivity index (χ2v) is 10.4. The number of pyridine rings is 1. The molecular formula is C21H27F2IN4O2. The van der Waals surface area contributed by atoms with E-state index in [1.54, 1.807) is 4.90 Å². The highest BCUT2D eigenvalue weighted by Gasteiger charge is 2.41. The number of hydrogen-bond acceptors (Lipinski definition) is 4. The van der Waals surface area contributed by atoms with Gasteiger partial charge in [-0.3, -0.25) is 4.68 Å². The zero-order valence-electron chi connectivity index (χ0n) is 18.1. The van der Waals surface area contributed by atoms with E-state index in [1.165, 1.54) is 0 Å². The lowest BCUT2D eigenvalue weighted by Gasteiger charge is -2.45. The molecule has 164 valence electrons. The second-order valence-electron chi connectivity index (χ2n) is 9.28. The number of halogens is 3. The number of rotatable bonds is 2. The Morgan fingerprint density at radius 3 is 2.60 bits per heavy atom. The van der Waals surface area contributed by atoms with Crippen molar-refractivity contribution < 1.29 is 18.3 Å². The predicted molar refractivity (Wildman–Crippen MR) is 118 cm³/mol. The van der Waals surface area contributed by atoms with Crippen molar-refractivity contribution >= 4 is 28.7 Å². The van der Waals surface area contributed by atoms with E-state index in [0.29, 0.717) is 25.1 Å². The van der Waals surface area contributed by atoms with Crippen LogP contribution >= 0.6 is 22.6 Å². The third-order valence-corrected chi connectivity index (χ3v) is 6.54. The molecular weight excluding hydrogens is 505 g/mol. The van der Waals surface area contributed by atoms with Crippen molar-refractivity contribution in [2.24, 2.45) is 0 Å². The second kappa shape index (κ2) is 8.05. The van der Waals surface area contributed by atoms with Crippen LogP contribution < -0.4 is 0 Å². The molecule has 1 aliphatic rings. The highest BCUT2D eigenvalue weighted by atomic mass is 127. The maximum Gasteiger partial charge on any atom is 0.410 e. The maximum absolute atomic E-state index is 14.2. The number of carbonyl (C=O) groups is 1. The molecule has 0 saturated carbocycles. The Labute approximate surface area is 189 Å². The molecule has 0 spiro atoms. The monoisotopic (exact) mass is 532 g/mol. The minimum Gasteiger partial charge on any atom is -0.444 e. The molecule has 2 aromatic heterocycles. The van der Waals surface area contributed by atoms with Crippen LogP contribution in [0.2, 0.25) is 0 Å². The smallest absolute Gasteiger partial charge is 0.410 e. The summed E-state index contributed by atoms with van der Waals surface area (Å²) >= 11 is 2.11. The Kier molecular flexibility index (Phi) is 6.14. The number of aromatic nitrogens is 3. The number of piperidine rings is 1. The zero-order valence-corrected chi connectivity index (χ0v) is 20.3. The van der Waals surface area contributed by atoms with E-state index in [-0.39, 0.29) is 17.7 Å². The first-order valence-electron chi connectivity index (χ1n) is 9.87. The minimum absolute atomic E-state index is 0.0190. The molecule has 9 heteroatoms. The molecule has 0 aromatic carbocycles. The van der Waals surface area contributed by atoms with Gasteiger partial charge in [-0.15, -0.1) is 0 Å². The summed E-state index contributed by atoms with van der Waals surface area (Å²) in [6.45, 7) is 12.0. The van der Waals surface area contributed by atoms with Gasteiger partial charge in [-0.2, -0.15) is 9.49 Å². The molecule has 30 heavy (non-hydrogen) atoms. The molecule has 1 amide bonds. The number of hydrogen-bond donors (Lipinski definition) is 0. The standard InChI is InChI=1S/C21H27F2IN4O2/c1-12-16(24)17(15-9-13(22)11-25-18(15)23)26-28(12)14-7-8-27(21(5,6)10-14)19(29)30-20(2,3)4/h9,11,14H,7-8,10H2,1-6H3. The van der Waals surface area contributed by atoms with E-state index >= 15 is 0 Å². The van der Waals surface area contributed by atoms with Crippen LogP contribution in [0.15, 0.2) is 12.3 Å². The summed E-state index contributed by atoms with van der Waals surface area (Å²) in [5.41, 5.74) is 0.301. The average molecular weight is 532 g/mol. The van der Waals surface area contributed by atoms with E-state index in [9.17, 15) is 13.6 Å². The molecule has 0 radical (unpaired) electrons. The summed E-state index contributed by atoms with van der Waals surface area (Å²) < 4.78 is 36.1. The fourth-order valence-corrected chi connectivity index (χ4v) is 4.49. The summed E-state index contributed by atoms with van der Waals surface area (Å²) in [4.78, 5) is 17.9. The molecule has 1 saturated heterocycles. The molecule has 0 aliphatic carbocycles. The van der Waals surface area contributed by atoms with E-state index in [2.05, 4.69) is 32.7 Å². The lowest BCUT2D eigenvalue weighted by molar-refractivity contribution is -0.0144. The molecule has 6 nitrogen and oxygen atoms in total. The number of amides is 1. The highest BCUT2D eigenvalue weighted by molar-refractivity contribution is 14.1. The van der Waals surface area contributed by atoms with Crippen LogP contribution in [-0.2, 0) is 4.74 Å². The Bertz CT molecular complexity index is 969. The molecule has 2 aromatic rings. The van der Waals surface area contributed by atoms with Crippen molar-refractivity contribution in [2.45, 2.75) is 71.6 Å². The van der Waals surface area contributed by atoms with Crippen LogP contribution in [0.5, 0.6) is 0 Å². The van der Waals surface area contributed by atoms with Crippen LogP contribution in [0.25, 0.3) is 11.3 Å². The van der Waals surface area contributed by atoms with E-state index in [4.69, 9.17) is 4.74 Å². The van der Waals surface area contributed by atoms with E-state index in [0.717, 1.165) is 21.5 Å². The quantitative estimate of drug-likeness (QED) is 0.380. The van der Waals surface area contributed by atoms with Gasteiger partial charge in [-0.1, -0.05) is 0 Å². The van der Waals surface area contributed by atoms with Crippen molar-refractivity contribution in [1.29, 1.82) is 0 Å². The number of nitrogens with zero attached hydrogens (tertiary/aromatic N) is 4. The highest BCUT2D eigenvalue weighted by Crippen LogP contribution is 2.38. The fourth-order valence-electron chi connectivity index (χ4n) is 3.85. The SMILES string of the molecule is Cc1c(I)c(-c2cc(F)cnc2F)nn1C1CCN(C(=O)OC(C)(C)C)C(C)(C)C1. The van der Waals surface area contributed by atoms with Gasteiger partial charge in [0.1, 0.15) is 17.1 Å². The average Bonchev–Trinajstić information content (AvgIpc) is 2.90. The van der Waals surface area contributed by atoms with Gasteiger partial charge in [0, 0.05) is 17.8 Å². The maximum atomic E-state index is 14.2. The lowest BCUT2D eigenvalue weighted by atomic mass is 9.87. The van der Waals surface area contributed by atoms with Gasteiger partial charge < -0.3 is 9.64 Å². The minimum atomic E-state index is -0.751. The number of ether oxygens (including phenoxy) is 1. The number of likely N-dealkylation sites (tertiary alicyclic amines) is 1. The third-order valence-electron chi connectivity index (χ3n) is 5.25. The number of carbonyl (C=O) groups excluding carboxylic acids is 1. The van der Waals surface area contributed by atoms with Crippen LogP contribution in [0.1, 0.15) is 59.2 Å². The van der Waals surface area contributed by atoms with Gasteiger partial charge in [0.05, 0.1) is 21.4 Å². The Balaban J connectivity index is 1.88. The normalized spacial score (nSPS) is 19.1. The van der Waals surface area contributed by atoms with Crippen molar-refractivity contribution in [1.82, 2.24) is 19.7 Å². The molecule has 1 unspecified atom stereocenters. The van der Waals surface area contributed by atoms with Gasteiger partial charge in [-0.25, -0.2) is 14.2 Å². The van der Waals surface area contributed by atoms with Crippen molar-refractivity contribution in [3.63, 3.8) is 0 Å². The zero-order chi connectivity index (χ0) is 22.4. The van der Waals surface area contributed by atoms with E-state index < -0.39 is 22.9 Å². The molecule has 1 aliphatic heterocycles. The molecule has 1 fully saturated rings. The van der Waals surface area contributed by atoms with Gasteiger partial charge in [-0.05, 0) is 83.0 Å². The van der Waals surface area contributed by atoms with Crippen LogP contribution in [0, 0.1) is 22.3 Å². The molecule has 0 bridgehead atoms. The fraction of sp³-hybridized carbons (Fsp3) is 0.571. The van der Waals surface area contributed by atoms with Crippen molar-refractivity contribution in [3.05, 3.63) is 33.3 Å². The summed E-state index contributed by atoms with van der Waals surface area (Å²) in [7, 11) is 0. The third kappa shape index (κ3) is 4.60. The lowest BCUT2D eigenvalue weighted by Crippen LogP contribution is -2.54. The largest absolute Gasteiger partial charge is 0.444 e. The first-order chi connectivity index (χ1) is 13.8. The first kappa shape index (κ1) is 22.9. The van der Waals surface area contributed by atoms with Gasteiger partial charge in [0.25, 0.3) is 0 Å². The van der Waals surface area contributed by atoms with E-state index in [1.807, 2.05) is 46.2 Å². The Hall–Kier alpha value is -1.78. The van der Waals surface area contributed by atoms with Crippen LogP contribution in [-0.4, -0.2) is 43.4 Å². The van der Waals surface area contributed by atoms with Crippen molar-refractivity contribution in [2.75, 3.05) is 6.54 Å². The Morgan fingerprint density at radius 2 is 2.00 bits per heavy atom. The predicted octanol–water partition coefficient (Wildman–Crippen LogP) is 5.49. The van der Waals surface area contributed by atoms with Gasteiger partial charge in [0.15, 0.2) is 0 Å². The van der Waals surface area contributed by atoms with Gasteiger partial charge in [0.2, 0.25) is 5.95 Å². The van der Waals surface area contributed by atoms with Crippen molar-refractivity contribution in [3.8, 4) is 11.3 Å². The summed E-state index contributed by atoms with van der Waals surface area (Å²) in [6, 6.07) is 1.14. The van der Waals surface area contributed by atoms with Crippen LogP contribution in [0.4, 0.5) is 13.6 Å². The molecule has 1 atom stereocenters. The van der Waals surface area contributed by atoms with Crippen LogP contribution in [0.3, 0.4) is 0 Å². The molecule has 0 N–H and O–H groups in total.